The number of hydrogen-bond donors (Lipinski definition) is 0. The second kappa shape index (κ2) is 4.53. The highest BCUT2D eigenvalue weighted by Gasteiger charge is 2.23. The van der Waals surface area contributed by atoms with E-state index in [4.69, 9.17) is 9.97 Å². The molecule has 110 valence electrons. The third kappa shape index (κ3) is 1.94. The Kier molecular flexibility index (Phi) is 2.82. The van der Waals surface area contributed by atoms with Crippen LogP contribution < -0.4 is 0 Å². The maximum absolute atomic E-state index is 4.93. The van der Waals surface area contributed by atoms with Crippen LogP contribution in [0.15, 0.2) is 46.9 Å². The van der Waals surface area contributed by atoms with Crippen LogP contribution in [-0.4, -0.2) is 14.4 Å². The van der Waals surface area contributed by atoms with Gasteiger partial charge in [-0.2, -0.15) is 0 Å². The molecule has 4 heteroatoms. The Morgan fingerprint density at radius 2 is 1.73 bits per heavy atom. The number of rotatable bonds is 0. The molecule has 0 amide bonds. The van der Waals surface area contributed by atoms with Crippen LogP contribution in [0.4, 0.5) is 0 Å². The predicted molar refractivity (Wildman–Crippen MR) is 94.4 cm³/mol. The standard InChI is InChI=1S/C18H16BrN3/c1-18(2,3)17-21-13-7-5-4-6-12(13)16-20-14-10-11(19)8-9-15(14)22(16)17/h4-10H,1-3H3. The van der Waals surface area contributed by atoms with Gasteiger partial charge in [0.05, 0.1) is 16.6 Å². The van der Waals surface area contributed by atoms with E-state index in [2.05, 4.69) is 71.4 Å². The number of benzene rings is 2. The lowest BCUT2D eigenvalue weighted by Gasteiger charge is -2.20. The van der Waals surface area contributed by atoms with Crippen molar-refractivity contribution in [2.45, 2.75) is 26.2 Å². The zero-order valence-electron chi connectivity index (χ0n) is 12.8. The van der Waals surface area contributed by atoms with Gasteiger partial charge in [-0.3, -0.25) is 4.40 Å². The molecule has 4 aromatic rings. The minimum atomic E-state index is -0.0665. The van der Waals surface area contributed by atoms with Gasteiger partial charge in [-0.15, -0.1) is 0 Å². The molecule has 2 aromatic heterocycles. The molecule has 0 unspecified atom stereocenters. The molecule has 2 aromatic carbocycles. The summed E-state index contributed by atoms with van der Waals surface area (Å²) in [6.45, 7) is 6.57. The number of halogens is 1. The molecular formula is C18H16BrN3. The molecule has 0 fully saturated rings. The maximum atomic E-state index is 4.93. The first-order valence-electron chi connectivity index (χ1n) is 7.32. The van der Waals surface area contributed by atoms with E-state index < -0.39 is 0 Å². The predicted octanol–water partition coefficient (Wildman–Crippen LogP) is 5.10. The van der Waals surface area contributed by atoms with Gasteiger partial charge in [0.25, 0.3) is 0 Å². The second-order valence-electron chi connectivity index (χ2n) is 6.61. The summed E-state index contributed by atoms with van der Waals surface area (Å²) in [7, 11) is 0. The molecule has 2 heterocycles. The molecule has 0 saturated heterocycles. The Bertz CT molecular complexity index is 1030. The fraction of sp³-hybridized carbons (Fsp3) is 0.222. The summed E-state index contributed by atoms with van der Waals surface area (Å²) in [6.07, 6.45) is 0. The third-order valence-electron chi connectivity index (χ3n) is 3.87. The number of aromatic nitrogens is 3. The molecule has 22 heavy (non-hydrogen) atoms. The summed E-state index contributed by atoms with van der Waals surface area (Å²) in [6, 6.07) is 14.4. The van der Waals surface area contributed by atoms with Gasteiger partial charge in [0, 0.05) is 15.3 Å². The lowest BCUT2D eigenvalue weighted by molar-refractivity contribution is 0.542. The molecule has 0 N–H and O–H groups in total. The highest BCUT2D eigenvalue weighted by molar-refractivity contribution is 9.10. The minimum Gasteiger partial charge on any atom is -0.279 e. The van der Waals surface area contributed by atoms with Gasteiger partial charge in [-0.1, -0.05) is 48.8 Å². The molecule has 0 aliphatic carbocycles. The Labute approximate surface area is 137 Å². The average molecular weight is 354 g/mol. The van der Waals surface area contributed by atoms with E-state index in [-0.39, 0.29) is 5.41 Å². The van der Waals surface area contributed by atoms with Crippen LogP contribution in [0.25, 0.3) is 27.6 Å². The van der Waals surface area contributed by atoms with E-state index in [9.17, 15) is 0 Å². The smallest absolute Gasteiger partial charge is 0.148 e. The molecule has 0 aliphatic rings. The summed E-state index contributed by atoms with van der Waals surface area (Å²) in [4.78, 5) is 9.80. The lowest BCUT2D eigenvalue weighted by atomic mass is 9.95. The Hall–Kier alpha value is -1.94. The first-order chi connectivity index (χ1) is 10.4. The number of hydrogen-bond acceptors (Lipinski definition) is 2. The van der Waals surface area contributed by atoms with Gasteiger partial charge in [-0.05, 0) is 30.3 Å². The van der Waals surface area contributed by atoms with Crippen molar-refractivity contribution in [3.05, 3.63) is 52.8 Å². The van der Waals surface area contributed by atoms with Gasteiger partial charge in [0.15, 0.2) is 0 Å². The van der Waals surface area contributed by atoms with Gasteiger partial charge in [0.1, 0.15) is 11.5 Å². The molecule has 3 nitrogen and oxygen atoms in total. The highest BCUT2D eigenvalue weighted by Crippen LogP contribution is 2.30. The Morgan fingerprint density at radius 1 is 0.955 bits per heavy atom. The van der Waals surface area contributed by atoms with E-state index in [0.29, 0.717) is 0 Å². The van der Waals surface area contributed by atoms with Crippen molar-refractivity contribution in [3.8, 4) is 0 Å². The fourth-order valence-electron chi connectivity index (χ4n) is 2.88. The third-order valence-corrected chi connectivity index (χ3v) is 4.36. The number of para-hydroxylation sites is 1. The van der Waals surface area contributed by atoms with Crippen LogP contribution >= 0.6 is 15.9 Å². The fourth-order valence-corrected chi connectivity index (χ4v) is 3.22. The van der Waals surface area contributed by atoms with Crippen LogP contribution in [0.3, 0.4) is 0 Å². The van der Waals surface area contributed by atoms with E-state index in [1.807, 2.05) is 12.1 Å². The molecule has 0 radical (unpaired) electrons. The van der Waals surface area contributed by atoms with Crippen molar-refractivity contribution in [2.75, 3.05) is 0 Å². The second-order valence-corrected chi connectivity index (χ2v) is 7.52. The van der Waals surface area contributed by atoms with Crippen molar-refractivity contribution in [1.82, 2.24) is 14.4 Å². The minimum absolute atomic E-state index is 0.0665. The van der Waals surface area contributed by atoms with E-state index in [0.717, 1.165) is 37.9 Å². The van der Waals surface area contributed by atoms with Gasteiger partial charge < -0.3 is 0 Å². The summed E-state index contributed by atoms with van der Waals surface area (Å²) in [5.41, 5.74) is 3.99. The normalized spacial score (nSPS) is 12.5. The van der Waals surface area contributed by atoms with Crippen LogP contribution in [-0.2, 0) is 5.41 Å². The molecule has 0 saturated carbocycles. The van der Waals surface area contributed by atoms with Crippen LogP contribution in [0.5, 0.6) is 0 Å². The van der Waals surface area contributed by atoms with E-state index in [1.54, 1.807) is 0 Å². The van der Waals surface area contributed by atoms with Crippen molar-refractivity contribution < 1.29 is 0 Å². The Balaban J connectivity index is 2.31. The summed E-state index contributed by atoms with van der Waals surface area (Å²) in [5.74, 6) is 1.03. The molecule has 0 bridgehead atoms. The quantitative estimate of drug-likeness (QED) is 0.440. The van der Waals surface area contributed by atoms with Gasteiger partial charge in [-0.25, -0.2) is 9.97 Å². The molecule has 0 spiro atoms. The first-order valence-corrected chi connectivity index (χ1v) is 8.11. The van der Waals surface area contributed by atoms with Crippen molar-refractivity contribution in [2.24, 2.45) is 0 Å². The summed E-state index contributed by atoms with van der Waals surface area (Å²) >= 11 is 3.53. The van der Waals surface area contributed by atoms with Crippen LogP contribution in [0.1, 0.15) is 26.6 Å². The topological polar surface area (TPSA) is 30.2 Å². The number of nitrogens with zero attached hydrogens (tertiary/aromatic N) is 3. The zero-order chi connectivity index (χ0) is 15.5. The number of imidazole rings is 1. The van der Waals surface area contributed by atoms with E-state index in [1.165, 1.54) is 0 Å². The van der Waals surface area contributed by atoms with Crippen molar-refractivity contribution in [1.29, 1.82) is 0 Å². The van der Waals surface area contributed by atoms with Crippen molar-refractivity contribution >= 4 is 43.5 Å². The monoisotopic (exact) mass is 353 g/mol. The van der Waals surface area contributed by atoms with Gasteiger partial charge in [0.2, 0.25) is 0 Å². The Morgan fingerprint density at radius 3 is 2.50 bits per heavy atom. The highest BCUT2D eigenvalue weighted by atomic mass is 79.9. The van der Waals surface area contributed by atoms with Crippen molar-refractivity contribution in [3.63, 3.8) is 0 Å². The molecule has 4 rings (SSSR count). The maximum Gasteiger partial charge on any atom is 0.148 e. The first kappa shape index (κ1) is 13.7. The molecule has 0 atom stereocenters. The summed E-state index contributed by atoms with van der Waals surface area (Å²) < 4.78 is 3.24. The lowest BCUT2D eigenvalue weighted by Crippen LogP contribution is -2.18. The molecular weight excluding hydrogens is 338 g/mol. The largest absolute Gasteiger partial charge is 0.279 e. The van der Waals surface area contributed by atoms with Gasteiger partial charge >= 0.3 is 0 Å². The van der Waals surface area contributed by atoms with Crippen LogP contribution in [0, 0.1) is 0 Å². The van der Waals surface area contributed by atoms with Crippen LogP contribution in [0.2, 0.25) is 0 Å². The van der Waals surface area contributed by atoms with E-state index >= 15 is 0 Å². The number of fused-ring (bicyclic) bond motifs is 5. The SMILES string of the molecule is CC(C)(C)c1nc2ccccc2c2nc3cc(Br)ccc3n12. The average Bonchev–Trinajstić information content (AvgIpc) is 2.83. The molecule has 0 aliphatic heterocycles. The zero-order valence-corrected chi connectivity index (χ0v) is 14.3. The summed E-state index contributed by atoms with van der Waals surface area (Å²) in [5, 5.41) is 1.09.